The summed E-state index contributed by atoms with van der Waals surface area (Å²) in [5.41, 5.74) is -3.10. The molecular formula is C14H22ClF3N4O2. The summed E-state index contributed by atoms with van der Waals surface area (Å²) >= 11 is 0. The number of carbonyl (C=O) groups excluding carboxylic acids is 1. The monoisotopic (exact) mass is 370 g/mol. The van der Waals surface area contributed by atoms with Crippen molar-refractivity contribution in [2.24, 2.45) is 13.0 Å². The van der Waals surface area contributed by atoms with E-state index in [9.17, 15) is 23.1 Å². The number of alkyl halides is 3. The summed E-state index contributed by atoms with van der Waals surface area (Å²) in [5.74, 6) is -0.275. The molecule has 0 aromatic carbocycles. The minimum absolute atomic E-state index is 0. The summed E-state index contributed by atoms with van der Waals surface area (Å²) in [6, 6.07) is 0. The average Bonchev–Trinajstić information content (AvgIpc) is 3.17. The fraction of sp³-hybridized carbons (Fsp3) is 0.714. The summed E-state index contributed by atoms with van der Waals surface area (Å²) in [7, 11) is 1.37. The van der Waals surface area contributed by atoms with Gasteiger partial charge in [-0.1, -0.05) is 0 Å². The van der Waals surface area contributed by atoms with E-state index in [1.165, 1.54) is 19.4 Å². The molecule has 1 saturated carbocycles. The van der Waals surface area contributed by atoms with Crippen LogP contribution in [0, 0.1) is 5.92 Å². The van der Waals surface area contributed by atoms with Crippen molar-refractivity contribution in [1.29, 1.82) is 0 Å². The molecule has 1 fully saturated rings. The van der Waals surface area contributed by atoms with Gasteiger partial charge >= 0.3 is 6.18 Å². The third-order valence-electron chi connectivity index (χ3n) is 3.88. The van der Waals surface area contributed by atoms with Crippen molar-refractivity contribution >= 4 is 18.3 Å². The number of nitrogens with zero attached hydrogens (tertiary/aromatic N) is 2. The quantitative estimate of drug-likeness (QED) is 0.640. The van der Waals surface area contributed by atoms with Gasteiger partial charge in [0.05, 0.1) is 6.54 Å². The zero-order chi connectivity index (χ0) is 17.1. The smallest absolute Gasteiger partial charge is 0.374 e. The summed E-state index contributed by atoms with van der Waals surface area (Å²) in [6.45, 7) is 0.503. The van der Waals surface area contributed by atoms with Crippen LogP contribution in [0.4, 0.5) is 13.2 Å². The van der Waals surface area contributed by atoms with E-state index >= 15 is 0 Å². The van der Waals surface area contributed by atoms with E-state index in [-0.39, 0.29) is 25.5 Å². The summed E-state index contributed by atoms with van der Waals surface area (Å²) in [6.07, 6.45) is -0.774. The number of rotatable bonds is 8. The third-order valence-corrected chi connectivity index (χ3v) is 3.88. The number of aromatic nitrogens is 2. The molecule has 10 heteroatoms. The molecule has 24 heavy (non-hydrogen) atoms. The molecule has 0 radical (unpaired) electrons. The lowest BCUT2D eigenvalue weighted by atomic mass is 9.97. The largest absolute Gasteiger partial charge is 0.424 e. The molecule has 6 nitrogen and oxygen atoms in total. The number of nitrogens with one attached hydrogen (secondary N) is 2. The Morgan fingerprint density at radius 1 is 1.46 bits per heavy atom. The first kappa shape index (κ1) is 20.7. The summed E-state index contributed by atoms with van der Waals surface area (Å²) < 4.78 is 40.8. The zero-order valence-electron chi connectivity index (χ0n) is 13.3. The SMILES string of the molecule is Cl.Cn1ccnc1C(O)(CCNC(=O)CNCC1CC1)C(F)(F)F. The Labute approximate surface area is 144 Å². The van der Waals surface area contributed by atoms with Crippen molar-refractivity contribution in [1.82, 2.24) is 20.2 Å². The van der Waals surface area contributed by atoms with E-state index < -0.39 is 29.9 Å². The Balaban J connectivity index is 0.00000288. The predicted molar refractivity (Wildman–Crippen MR) is 83.6 cm³/mol. The van der Waals surface area contributed by atoms with Crippen molar-refractivity contribution in [3.05, 3.63) is 18.2 Å². The highest BCUT2D eigenvalue weighted by Crippen LogP contribution is 2.40. The van der Waals surface area contributed by atoms with Gasteiger partial charge in [-0.25, -0.2) is 4.98 Å². The summed E-state index contributed by atoms with van der Waals surface area (Å²) in [4.78, 5) is 15.2. The van der Waals surface area contributed by atoms with E-state index in [1.54, 1.807) is 0 Å². The molecule has 1 unspecified atom stereocenters. The van der Waals surface area contributed by atoms with Gasteiger partial charge in [-0.05, 0) is 25.3 Å². The standard InChI is InChI=1S/C14H21F3N4O2.ClH/c1-21-7-6-20-12(21)13(23,14(15,16)17)4-5-19-11(22)9-18-8-10-2-3-10;/h6-7,10,18,23H,2-5,8-9H2,1H3,(H,19,22);1H. The lowest BCUT2D eigenvalue weighted by Crippen LogP contribution is -2.47. The van der Waals surface area contributed by atoms with Crippen LogP contribution in [-0.2, 0) is 17.4 Å². The second-order valence-corrected chi connectivity index (χ2v) is 5.89. The lowest BCUT2D eigenvalue weighted by Gasteiger charge is -2.30. The van der Waals surface area contributed by atoms with Crippen LogP contribution in [0.3, 0.4) is 0 Å². The highest BCUT2D eigenvalue weighted by molar-refractivity contribution is 5.85. The molecule has 0 bridgehead atoms. The van der Waals surface area contributed by atoms with Crippen molar-refractivity contribution in [2.45, 2.75) is 31.0 Å². The van der Waals surface area contributed by atoms with Crippen LogP contribution in [0.1, 0.15) is 25.1 Å². The van der Waals surface area contributed by atoms with E-state index in [0.717, 1.165) is 24.0 Å². The van der Waals surface area contributed by atoms with Crippen LogP contribution in [-0.4, -0.2) is 46.4 Å². The number of carbonyl (C=O) groups is 1. The Hall–Kier alpha value is -1.32. The molecule has 138 valence electrons. The van der Waals surface area contributed by atoms with Crippen LogP contribution < -0.4 is 10.6 Å². The molecule has 1 aliphatic rings. The Kier molecular flexibility index (Phi) is 7.06. The lowest BCUT2D eigenvalue weighted by molar-refractivity contribution is -0.272. The van der Waals surface area contributed by atoms with Gasteiger partial charge in [0.2, 0.25) is 11.5 Å². The van der Waals surface area contributed by atoms with E-state index in [2.05, 4.69) is 15.6 Å². The number of amides is 1. The highest BCUT2D eigenvalue weighted by atomic mass is 35.5. The van der Waals surface area contributed by atoms with Crippen LogP contribution in [0.5, 0.6) is 0 Å². The normalized spacial score (nSPS) is 17.0. The van der Waals surface area contributed by atoms with E-state index in [0.29, 0.717) is 5.92 Å². The Morgan fingerprint density at radius 3 is 2.62 bits per heavy atom. The van der Waals surface area contributed by atoms with E-state index in [1.807, 2.05) is 0 Å². The van der Waals surface area contributed by atoms with Gasteiger partial charge in [-0.2, -0.15) is 13.2 Å². The topological polar surface area (TPSA) is 79.2 Å². The molecule has 1 aromatic rings. The van der Waals surface area contributed by atoms with Crippen molar-refractivity contribution in [3.8, 4) is 0 Å². The number of aryl methyl sites for hydroxylation is 1. The third kappa shape index (κ3) is 5.09. The second kappa shape index (κ2) is 8.17. The van der Waals surface area contributed by atoms with E-state index in [4.69, 9.17) is 0 Å². The average molecular weight is 371 g/mol. The Morgan fingerprint density at radius 2 is 2.12 bits per heavy atom. The Bertz CT molecular complexity index is 548. The number of imidazole rings is 1. The van der Waals surface area contributed by atoms with Crippen LogP contribution in [0.25, 0.3) is 0 Å². The number of hydrogen-bond donors (Lipinski definition) is 3. The van der Waals surface area contributed by atoms with Crippen LogP contribution in [0.2, 0.25) is 0 Å². The summed E-state index contributed by atoms with van der Waals surface area (Å²) in [5, 5.41) is 15.4. The molecule has 1 atom stereocenters. The highest BCUT2D eigenvalue weighted by Gasteiger charge is 2.57. The van der Waals surface area contributed by atoms with Crippen molar-refractivity contribution in [3.63, 3.8) is 0 Å². The molecule has 1 aliphatic carbocycles. The minimum Gasteiger partial charge on any atom is -0.374 e. The molecule has 0 saturated heterocycles. The predicted octanol–water partition coefficient (Wildman–Crippen LogP) is 1.10. The molecule has 1 heterocycles. The minimum atomic E-state index is -4.89. The van der Waals surface area contributed by atoms with Gasteiger partial charge < -0.3 is 20.3 Å². The molecule has 0 aliphatic heterocycles. The maximum atomic E-state index is 13.2. The fourth-order valence-corrected chi connectivity index (χ4v) is 2.30. The van der Waals surface area contributed by atoms with Crippen LogP contribution in [0.15, 0.2) is 12.4 Å². The van der Waals surface area contributed by atoms with Gasteiger partial charge in [-0.3, -0.25) is 4.79 Å². The maximum Gasteiger partial charge on any atom is 0.424 e. The molecule has 0 spiro atoms. The first-order valence-electron chi connectivity index (χ1n) is 7.48. The van der Waals surface area contributed by atoms with Gasteiger partial charge in [0.1, 0.15) is 5.82 Å². The molecule has 1 aromatic heterocycles. The second-order valence-electron chi connectivity index (χ2n) is 5.89. The van der Waals surface area contributed by atoms with Gasteiger partial charge in [0.15, 0.2) is 0 Å². The van der Waals surface area contributed by atoms with Crippen molar-refractivity contribution < 1.29 is 23.1 Å². The fourth-order valence-electron chi connectivity index (χ4n) is 2.30. The number of halogens is 4. The van der Waals surface area contributed by atoms with Gasteiger partial charge in [0.25, 0.3) is 0 Å². The van der Waals surface area contributed by atoms with Gasteiger partial charge in [-0.15, -0.1) is 12.4 Å². The maximum absolute atomic E-state index is 13.2. The molecule has 2 rings (SSSR count). The molecule has 1 amide bonds. The molecular weight excluding hydrogens is 349 g/mol. The number of aliphatic hydroxyl groups is 1. The first-order chi connectivity index (χ1) is 10.7. The van der Waals surface area contributed by atoms with Crippen molar-refractivity contribution in [2.75, 3.05) is 19.6 Å². The van der Waals surface area contributed by atoms with Crippen LogP contribution >= 0.6 is 12.4 Å². The molecule has 3 N–H and O–H groups in total. The zero-order valence-corrected chi connectivity index (χ0v) is 14.1. The van der Waals surface area contributed by atoms with Gasteiger partial charge in [0, 0.05) is 32.4 Å². The number of hydrogen-bond acceptors (Lipinski definition) is 4. The first-order valence-corrected chi connectivity index (χ1v) is 7.48.